The number of amides is 1. The van der Waals surface area contributed by atoms with Gasteiger partial charge in [-0.25, -0.2) is 4.52 Å². The van der Waals surface area contributed by atoms with Gasteiger partial charge >= 0.3 is 0 Å². The maximum absolute atomic E-state index is 11.2. The van der Waals surface area contributed by atoms with Crippen molar-refractivity contribution in [2.24, 2.45) is 5.73 Å². The Balaban J connectivity index is 1.69. The molecule has 3 N–H and O–H groups in total. The Morgan fingerprint density at radius 1 is 1.11 bits per heavy atom. The number of nitrogens with two attached hydrogens (primary N) is 1. The monoisotopic (exact) mass is 359 g/mol. The van der Waals surface area contributed by atoms with E-state index in [1.54, 1.807) is 35.9 Å². The van der Waals surface area contributed by atoms with E-state index in [1.165, 1.54) is 0 Å². The minimum atomic E-state index is -0.463. The van der Waals surface area contributed by atoms with Crippen LogP contribution in [0.3, 0.4) is 0 Å². The normalized spacial score (nSPS) is 10.7. The van der Waals surface area contributed by atoms with Gasteiger partial charge in [0, 0.05) is 23.0 Å². The summed E-state index contributed by atoms with van der Waals surface area (Å²) in [7, 11) is 1.64. The van der Waals surface area contributed by atoms with Crippen molar-refractivity contribution in [1.82, 2.24) is 14.6 Å². The van der Waals surface area contributed by atoms with Gasteiger partial charge in [0.25, 0.3) is 0 Å². The van der Waals surface area contributed by atoms with Gasteiger partial charge in [-0.2, -0.15) is 4.98 Å². The Labute approximate surface area is 155 Å². The highest BCUT2D eigenvalue weighted by Crippen LogP contribution is 2.27. The molecule has 2 heterocycles. The Kier molecular flexibility index (Phi) is 4.18. The van der Waals surface area contributed by atoms with E-state index in [0.717, 1.165) is 28.2 Å². The number of benzene rings is 2. The van der Waals surface area contributed by atoms with Crippen molar-refractivity contribution < 1.29 is 9.53 Å². The molecule has 0 spiro atoms. The topological polar surface area (TPSA) is 94.5 Å². The Morgan fingerprint density at radius 2 is 1.93 bits per heavy atom. The van der Waals surface area contributed by atoms with E-state index in [0.29, 0.717) is 11.5 Å². The van der Waals surface area contributed by atoms with Crippen LogP contribution in [-0.4, -0.2) is 27.6 Å². The third-order valence-corrected chi connectivity index (χ3v) is 4.17. The summed E-state index contributed by atoms with van der Waals surface area (Å²) in [6.07, 6.45) is 1.84. The number of anilines is 2. The number of rotatable bonds is 5. The third kappa shape index (κ3) is 3.30. The van der Waals surface area contributed by atoms with E-state index in [1.807, 2.05) is 42.6 Å². The number of hydrogen-bond donors (Lipinski definition) is 2. The Morgan fingerprint density at radius 3 is 2.67 bits per heavy atom. The average Bonchev–Trinajstić information content (AvgIpc) is 3.10. The summed E-state index contributed by atoms with van der Waals surface area (Å²) < 4.78 is 7.03. The lowest BCUT2D eigenvalue weighted by molar-refractivity contribution is 0.100. The predicted molar refractivity (Wildman–Crippen MR) is 103 cm³/mol. The zero-order chi connectivity index (χ0) is 18.8. The summed E-state index contributed by atoms with van der Waals surface area (Å²) in [6.45, 7) is 0. The van der Waals surface area contributed by atoms with E-state index in [4.69, 9.17) is 10.5 Å². The van der Waals surface area contributed by atoms with Crippen LogP contribution in [0.2, 0.25) is 0 Å². The summed E-state index contributed by atoms with van der Waals surface area (Å²) in [5.41, 5.74) is 9.13. The number of methoxy groups -OCH3 is 1. The number of primary amides is 1. The lowest BCUT2D eigenvalue weighted by Crippen LogP contribution is -2.10. The van der Waals surface area contributed by atoms with Crippen molar-refractivity contribution >= 4 is 23.2 Å². The van der Waals surface area contributed by atoms with Crippen molar-refractivity contribution in [2.75, 3.05) is 12.4 Å². The number of aromatic nitrogens is 3. The molecule has 0 bridgehead atoms. The van der Waals surface area contributed by atoms with Gasteiger partial charge < -0.3 is 15.8 Å². The van der Waals surface area contributed by atoms with Crippen LogP contribution in [-0.2, 0) is 0 Å². The molecular formula is C20H17N5O2. The van der Waals surface area contributed by atoms with Crippen molar-refractivity contribution in [3.8, 4) is 16.9 Å². The van der Waals surface area contributed by atoms with Crippen LogP contribution in [0.25, 0.3) is 16.8 Å². The summed E-state index contributed by atoms with van der Waals surface area (Å²) in [4.78, 5) is 15.8. The number of pyridine rings is 1. The fourth-order valence-electron chi connectivity index (χ4n) is 2.82. The SMILES string of the molecule is COc1cccc(-c2cccn3nc(Nc4ccc(C(N)=O)cc4)nc23)c1. The summed E-state index contributed by atoms with van der Waals surface area (Å²) >= 11 is 0. The van der Waals surface area contributed by atoms with Crippen molar-refractivity contribution in [1.29, 1.82) is 0 Å². The predicted octanol–water partition coefficient (Wildman–Crippen LogP) is 3.25. The molecule has 2 aromatic carbocycles. The van der Waals surface area contributed by atoms with Crippen molar-refractivity contribution in [3.05, 3.63) is 72.4 Å². The van der Waals surface area contributed by atoms with Crippen LogP contribution in [0, 0.1) is 0 Å². The maximum atomic E-state index is 11.2. The Bertz CT molecular complexity index is 1120. The molecule has 0 saturated carbocycles. The van der Waals surface area contributed by atoms with Gasteiger partial charge in [-0.3, -0.25) is 4.79 Å². The van der Waals surface area contributed by atoms with E-state index >= 15 is 0 Å². The zero-order valence-corrected chi connectivity index (χ0v) is 14.6. The molecular weight excluding hydrogens is 342 g/mol. The van der Waals surface area contributed by atoms with Gasteiger partial charge in [0.05, 0.1) is 7.11 Å². The molecule has 134 valence electrons. The molecule has 0 aliphatic carbocycles. The number of ether oxygens (including phenoxy) is 1. The second kappa shape index (κ2) is 6.80. The molecule has 7 nitrogen and oxygen atoms in total. The second-order valence-electron chi connectivity index (χ2n) is 5.92. The molecule has 0 aliphatic heterocycles. The summed E-state index contributed by atoms with van der Waals surface area (Å²) in [5, 5.41) is 7.61. The Hall–Kier alpha value is -3.87. The first-order valence-corrected chi connectivity index (χ1v) is 8.31. The average molecular weight is 359 g/mol. The molecule has 0 atom stereocenters. The fourth-order valence-corrected chi connectivity index (χ4v) is 2.82. The van der Waals surface area contributed by atoms with Crippen LogP contribution < -0.4 is 15.8 Å². The number of nitrogens with zero attached hydrogens (tertiary/aromatic N) is 3. The first-order valence-electron chi connectivity index (χ1n) is 8.31. The molecule has 0 fully saturated rings. The fraction of sp³-hybridized carbons (Fsp3) is 0.0500. The smallest absolute Gasteiger partial charge is 0.248 e. The summed E-state index contributed by atoms with van der Waals surface area (Å²) in [6, 6.07) is 18.5. The highest BCUT2D eigenvalue weighted by molar-refractivity contribution is 5.93. The lowest BCUT2D eigenvalue weighted by Gasteiger charge is -2.05. The van der Waals surface area contributed by atoms with Crippen LogP contribution in [0.1, 0.15) is 10.4 Å². The van der Waals surface area contributed by atoms with Gasteiger partial charge in [-0.1, -0.05) is 12.1 Å². The van der Waals surface area contributed by atoms with Crippen LogP contribution in [0.15, 0.2) is 66.9 Å². The molecule has 0 aliphatic rings. The molecule has 27 heavy (non-hydrogen) atoms. The lowest BCUT2D eigenvalue weighted by atomic mass is 10.1. The van der Waals surface area contributed by atoms with Gasteiger partial charge in [-0.15, -0.1) is 5.10 Å². The quantitative estimate of drug-likeness (QED) is 0.570. The molecule has 4 rings (SSSR count). The molecule has 0 saturated heterocycles. The van der Waals surface area contributed by atoms with Crippen molar-refractivity contribution in [2.45, 2.75) is 0 Å². The molecule has 4 aromatic rings. The second-order valence-corrected chi connectivity index (χ2v) is 5.92. The number of nitrogens with one attached hydrogen (secondary N) is 1. The molecule has 2 aromatic heterocycles. The zero-order valence-electron chi connectivity index (χ0n) is 14.6. The van der Waals surface area contributed by atoms with Gasteiger partial charge in [0.15, 0.2) is 5.65 Å². The first-order chi connectivity index (χ1) is 13.1. The number of hydrogen-bond acceptors (Lipinski definition) is 5. The van der Waals surface area contributed by atoms with E-state index < -0.39 is 5.91 Å². The minimum absolute atomic E-state index is 0.448. The van der Waals surface area contributed by atoms with Crippen LogP contribution >= 0.6 is 0 Å². The van der Waals surface area contributed by atoms with E-state index in [9.17, 15) is 4.79 Å². The maximum Gasteiger partial charge on any atom is 0.248 e. The van der Waals surface area contributed by atoms with E-state index in [2.05, 4.69) is 15.4 Å². The number of carbonyl (C=O) groups excluding carboxylic acids is 1. The minimum Gasteiger partial charge on any atom is -0.497 e. The third-order valence-electron chi connectivity index (χ3n) is 4.17. The van der Waals surface area contributed by atoms with Crippen molar-refractivity contribution in [3.63, 3.8) is 0 Å². The van der Waals surface area contributed by atoms with Gasteiger partial charge in [0.2, 0.25) is 11.9 Å². The molecule has 1 amide bonds. The standard InChI is InChI=1S/C20H17N5O2/c1-27-16-5-2-4-14(12-16)17-6-3-11-25-19(17)23-20(24-25)22-15-9-7-13(8-10-15)18(21)26/h2-12H,1H3,(H2,21,26)(H,22,24). The molecule has 7 heteroatoms. The highest BCUT2D eigenvalue weighted by atomic mass is 16.5. The van der Waals surface area contributed by atoms with Gasteiger partial charge in [-0.05, 0) is 54.1 Å². The van der Waals surface area contributed by atoms with Gasteiger partial charge in [0.1, 0.15) is 5.75 Å². The number of carbonyl (C=O) groups is 1. The number of fused-ring (bicyclic) bond motifs is 1. The van der Waals surface area contributed by atoms with Crippen LogP contribution in [0.4, 0.5) is 11.6 Å². The van der Waals surface area contributed by atoms with E-state index in [-0.39, 0.29) is 0 Å². The molecule has 0 unspecified atom stereocenters. The molecule has 0 radical (unpaired) electrons. The van der Waals surface area contributed by atoms with Crippen LogP contribution in [0.5, 0.6) is 5.75 Å². The summed E-state index contributed by atoms with van der Waals surface area (Å²) in [5.74, 6) is 0.773. The first kappa shape index (κ1) is 16.6. The largest absolute Gasteiger partial charge is 0.497 e. The highest BCUT2D eigenvalue weighted by Gasteiger charge is 2.11.